The van der Waals surface area contributed by atoms with Crippen molar-refractivity contribution in [1.82, 2.24) is 5.32 Å². The second-order valence-electron chi connectivity index (χ2n) is 4.84. The maximum Gasteiger partial charge on any atom is 0.264 e. The minimum Gasteiger partial charge on any atom is -0.497 e. The number of carbonyl (C=O) groups excluding carboxylic acids is 1. The third-order valence-corrected chi connectivity index (χ3v) is 5.12. The van der Waals surface area contributed by atoms with Crippen LogP contribution in [0.25, 0.3) is 0 Å². The Kier molecular flexibility index (Phi) is 5.40. The quantitative estimate of drug-likeness (QED) is 0.860. The second-order valence-corrected chi connectivity index (χ2v) is 6.70. The zero-order valence-corrected chi connectivity index (χ0v) is 14.0. The number of carbonyl (C=O) groups is 1. The van der Waals surface area contributed by atoms with Gasteiger partial charge in [0, 0.05) is 7.05 Å². The van der Waals surface area contributed by atoms with Crippen molar-refractivity contribution in [3.63, 3.8) is 0 Å². The summed E-state index contributed by atoms with van der Waals surface area (Å²) in [5, 5.41) is 2.38. The normalized spacial score (nSPS) is 11.0. The molecule has 0 aliphatic carbocycles. The predicted octanol–water partition coefficient (Wildman–Crippen LogP) is 1.78. The van der Waals surface area contributed by atoms with Crippen LogP contribution in [-0.4, -0.2) is 35.0 Å². The van der Waals surface area contributed by atoms with E-state index in [0.29, 0.717) is 5.75 Å². The molecule has 128 valence electrons. The van der Waals surface area contributed by atoms with Gasteiger partial charge in [-0.3, -0.25) is 9.10 Å². The highest BCUT2D eigenvalue weighted by Gasteiger charge is 2.27. The average molecular weight is 352 g/mol. The van der Waals surface area contributed by atoms with Gasteiger partial charge >= 0.3 is 0 Å². The molecule has 0 unspecified atom stereocenters. The van der Waals surface area contributed by atoms with Gasteiger partial charge in [0.05, 0.1) is 17.7 Å². The van der Waals surface area contributed by atoms with E-state index in [-0.39, 0.29) is 10.6 Å². The first kappa shape index (κ1) is 17.7. The number of nitrogens with one attached hydrogen (secondary N) is 1. The van der Waals surface area contributed by atoms with Crippen molar-refractivity contribution in [3.05, 3.63) is 54.3 Å². The molecule has 8 heteroatoms. The second kappa shape index (κ2) is 7.31. The number of ether oxygens (including phenoxy) is 1. The summed E-state index contributed by atoms with van der Waals surface area (Å²) in [5.41, 5.74) is 0.191. The highest BCUT2D eigenvalue weighted by Crippen LogP contribution is 2.25. The van der Waals surface area contributed by atoms with E-state index in [0.717, 1.165) is 16.4 Å². The van der Waals surface area contributed by atoms with Crippen molar-refractivity contribution in [3.8, 4) is 5.75 Å². The fourth-order valence-corrected chi connectivity index (χ4v) is 3.43. The van der Waals surface area contributed by atoms with Crippen molar-refractivity contribution in [2.24, 2.45) is 0 Å². The van der Waals surface area contributed by atoms with Gasteiger partial charge in [-0.15, -0.1) is 0 Å². The molecule has 0 aliphatic heterocycles. The van der Waals surface area contributed by atoms with E-state index in [4.69, 9.17) is 4.74 Å². The number of benzene rings is 2. The van der Waals surface area contributed by atoms with Crippen LogP contribution in [0.5, 0.6) is 5.75 Å². The lowest BCUT2D eigenvalue weighted by Crippen LogP contribution is -2.39. The molecular weight excluding hydrogens is 335 g/mol. The Hall–Kier alpha value is -2.61. The van der Waals surface area contributed by atoms with Crippen LogP contribution in [0.3, 0.4) is 0 Å². The van der Waals surface area contributed by atoms with Gasteiger partial charge < -0.3 is 10.1 Å². The molecule has 2 aromatic carbocycles. The molecule has 0 atom stereocenters. The lowest BCUT2D eigenvalue weighted by Gasteiger charge is -2.23. The molecule has 0 radical (unpaired) electrons. The molecule has 0 aliphatic rings. The molecule has 0 fully saturated rings. The van der Waals surface area contributed by atoms with Crippen LogP contribution in [0, 0.1) is 5.82 Å². The zero-order chi connectivity index (χ0) is 17.7. The lowest BCUT2D eigenvalue weighted by molar-refractivity contribution is -0.119. The molecule has 0 bridgehead atoms. The molecule has 1 amide bonds. The van der Waals surface area contributed by atoms with Gasteiger partial charge in [-0.1, -0.05) is 0 Å². The third-order valence-electron chi connectivity index (χ3n) is 3.33. The maximum atomic E-state index is 13.1. The summed E-state index contributed by atoms with van der Waals surface area (Å²) in [7, 11) is -1.12. The highest BCUT2D eigenvalue weighted by atomic mass is 32.2. The molecule has 0 heterocycles. The van der Waals surface area contributed by atoms with E-state index in [1.165, 1.54) is 50.6 Å². The first-order valence-corrected chi connectivity index (χ1v) is 8.45. The SMILES string of the molecule is CNC(=O)CN(c1ccc(F)cc1)S(=O)(=O)c1ccc(OC)cc1. The number of nitrogens with zero attached hydrogens (tertiary/aromatic N) is 1. The Morgan fingerprint density at radius 2 is 1.71 bits per heavy atom. The minimum absolute atomic E-state index is 0.00321. The number of rotatable bonds is 6. The van der Waals surface area contributed by atoms with E-state index in [2.05, 4.69) is 5.32 Å². The Bertz CT molecular complexity index is 805. The summed E-state index contributed by atoms with van der Waals surface area (Å²) in [5.74, 6) is -0.481. The van der Waals surface area contributed by atoms with Crippen LogP contribution in [0.2, 0.25) is 0 Å². The van der Waals surface area contributed by atoms with E-state index < -0.39 is 28.3 Å². The molecule has 0 saturated heterocycles. The fourth-order valence-electron chi connectivity index (χ4n) is 2.01. The summed E-state index contributed by atoms with van der Waals surface area (Å²) in [6.45, 7) is -0.420. The average Bonchev–Trinajstić information content (AvgIpc) is 2.60. The van der Waals surface area contributed by atoms with Crippen LogP contribution >= 0.6 is 0 Å². The molecule has 2 aromatic rings. The van der Waals surface area contributed by atoms with E-state index in [9.17, 15) is 17.6 Å². The molecule has 0 saturated carbocycles. The number of anilines is 1. The van der Waals surface area contributed by atoms with Crippen LogP contribution in [0.4, 0.5) is 10.1 Å². The zero-order valence-electron chi connectivity index (χ0n) is 13.2. The topological polar surface area (TPSA) is 75.7 Å². The number of hydrogen-bond donors (Lipinski definition) is 1. The van der Waals surface area contributed by atoms with Gasteiger partial charge in [-0.2, -0.15) is 0 Å². The molecule has 0 aromatic heterocycles. The molecule has 24 heavy (non-hydrogen) atoms. The van der Waals surface area contributed by atoms with Crippen LogP contribution in [0.1, 0.15) is 0 Å². The van der Waals surface area contributed by atoms with Crippen molar-refractivity contribution < 1.29 is 22.3 Å². The van der Waals surface area contributed by atoms with Crippen molar-refractivity contribution in [1.29, 1.82) is 0 Å². The largest absolute Gasteiger partial charge is 0.497 e. The predicted molar refractivity (Wildman–Crippen MR) is 88.0 cm³/mol. The first-order chi connectivity index (χ1) is 11.4. The van der Waals surface area contributed by atoms with Crippen LogP contribution in [0.15, 0.2) is 53.4 Å². The van der Waals surface area contributed by atoms with Crippen LogP contribution in [-0.2, 0) is 14.8 Å². The summed E-state index contributed by atoms with van der Waals surface area (Å²) in [4.78, 5) is 11.7. The standard InChI is InChI=1S/C16H17FN2O4S/c1-18-16(20)11-19(13-5-3-12(17)4-6-13)24(21,22)15-9-7-14(23-2)8-10-15/h3-10H,11H2,1-2H3,(H,18,20). The number of hydrogen-bond acceptors (Lipinski definition) is 4. The molecule has 1 N–H and O–H groups in total. The monoisotopic (exact) mass is 352 g/mol. The maximum absolute atomic E-state index is 13.1. The van der Waals surface area contributed by atoms with Gasteiger partial charge in [-0.05, 0) is 48.5 Å². The van der Waals surface area contributed by atoms with E-state index in [1.807, 2.05) is 0 Å². The van der Waals surface area contributed by atoms with Crippen molar-refractivity contribution in [2.75, 3.05) is 25.0 Å². The molecule has 6 nitrogen and oxygen atoms in total. The van der Waals surface area contributed by atoms with Gasteiger partial charge in [0.2, 0.25) is 5.91 Å². The Morgan fingerprint density at radius 1 is 1.12 bits per heavy atom. The Labute approximate surface area is 139 Å². The molecule has 0 spiro atoms. The van der Waals surface area contributed by atoms with E-state index in [1.54, 1.807) is 0 Å². The van der Waals surface area contributed by atoms with Crippen LogP contribution < -0.4 is 14.4 Å². The number of methoxy groups -OCH3 is 1. The number of sulfonamides is 1. The Balaban J connectivity index is 2.47. The minimum atomic E-state index is -4.00. The highest BCUT2D eigenvalue weighted by molar-refractivity contribution is 7.92. The summed E-state index contributed by atoms with van der Waals surface area (Å²) >= 11 is 0. The number of halogens is 1. The first-order valence-electron chi connectivity index (χ1n) is 7.01. The van der Waals surface area contributed by atoms with Gasteiger partial charge in [0.1, 0.15) is 18.1 Å². The van der Waals surface area contributed by atoms with Crippen molar-refractivity contribution >= 4 is 21.6 Å². The third kappa shape index (κ3) is 3.83. The summed E-state index contributed by atoms with van der Waals surface area (Å²) in [6, 6.07) is 10.7. The number of likely N-dealkylation sites (N-methyl/N-ethyl adjacent to an activating group) is 1. The molecular formula is C16H17FN2O4S. The van der Waals surface area contributed by atoms with Gasteiger partial charge in [0.25, 0.3) is 10.0 Å². The Morgan fingerprint density at radius 3 is 2.21 bits per heavy atom. The van der Waals surface area contributed by atoms with Gasteiger partial charge in [-0.25, -0.2) is 12.8 Å². The molecule has 2 rings (SSSR count). The van der Waals surface area contributed by atoms with Gasteiger partial charge in [0.15, 0.2) is 0 Å². The lowest BCUT2D eigenvalue weighted by atomic mass is 10.3. The van der Waals surface area contributed by atoms with E-state index >= 15 is 0 Å². The fraction of sp³-hybridized carbons (Fsp3) is 0.188. The summed E-state index contributed by atoms with van der Waals surface area (Å²) in [6.07, 6.45) is 0. The van der Waals surface area contributed by atoms with Crippen molar-refractivity contribution in [2.45, 2.75) is 4.90 Å². The number of amides is 1. The summed E-state index contributed by atoms with van der Waals surface area (Å²) < 4.78 is 44.8. The smallest absolute Gasteiger partial charge is 0.264 e.